The first kappa shape index (κ1) is 19.6. The number of hydrogen-bond donors (Lipinski definition) is 2. The van der Waals surface area contributed by atoms with Gasteiger partial charge in [0.2, 0.25) is 5.91 Å². The Balaban J connectivity index is 1.60. The summed E-state index contributed by atoms with van der Waals surface area (Å²) in [5.74, 6) is -0.585. The molecule has 3 rings (SSSR count). The average molecular weight is 379 g/mol. The maximum absolute atomic E-state index is 12.3. The van der Waals surface area contributed by atoms with Crippen molar-refractivity contribution >= 4 is 17.8 Å². The lowest BCUT2D eigenvalue weighted by atomic mass is 9.88. The van der Waals surface area contributed by atoms with E-state index in [2.05, 4.69) is 34.9 Å². The molecule has 146 valence electrons. The van der Waals surface area contributed by atoms with Gasteiger partial charge in [-0.05, 0) is 31.4 Å². The second kappa shape index (κ2) is 8.25. The van der Waals surface area contributed by atoms with Gasteiger partial charge in [0.25, 0.3) is 5.91 Å². The monoisotopic (exact) mass is 379 g/mol. The molecule has 1 aliphatic heterocycles. The molecule has 0 radical (unpaired) electrons. The molecule has 1 saturated heterocycles. The minimum atomic E-state index is -0.969. The highest BCUT2D eigenvalue weighted by Gasteiger charge is 2.44. The Kier molecular flexibility index (Phi) is 5.78. The van der Waals surface area contributed by atoms with E-state index in [0.717, 1.165) is 4.90 Å². The maximum Gasteiger partial charge on any atom is 0.325 e. The van der Waals surface area contributed by atoms with Crippen LogP contribution in [0.5, 0.6) is 0 Å². The van der Waals surface area contributed by atoms with Crippen LogP contribution in [0.4, 0.5) is 4.79 Å². The van der Waals surface area contributed by atoms with E-state index in [1.807, 2.05) is 36.4 Å². The van der Waals surface area contributed by atoms with Crippen molar-refractivity contribution in [2.45, 2.75) is 31.7 Å². The molecule has 0 spiro atoms. The number of carbonyl (C=O) groups excluding carboxylic acids is 3. The van der Waals surface area contributed by atoms with Gasteiger partial charge in [-0.25, -0.2) is 4.79 Å². The van der Waals surface area contributed by atoms with Crippen LogP contribution in [0.3, 0.4) is 0 Å². The van der Waals surface area contributed by atoms with Gasteiger partial charge in [-0.15, -0.1) is 0 Å². The summed E-state index contributed by atoms with van der Waals surface area (Å²) in [4.78, 5) is 37.3. The molecule has 0 unspecified atom stereocenters. The van der Waals surface area contributed by atoms with E-state index >= 15 is 0 Å². The van der Waals surface area contributed by atoms with Crippen LogP contribution in [0.1, 0.15) is 37.3 Å². The van der Waals surface area contributed by atoms with Gasteiger partial charge >= 0.3 is 6.03 Å². The van der Waals surface area contributed by atoms with Gasteiger partial charge < -0.3 is 10.6 Å². The SMILES string of the molecule is CC1(C)NC(=O)N(CC(=O)NCCC(c2ccccc2)c2ccccc2)C1=O. The molecule has 0 aliphatic carbocycles. The van der Waals surface area contributed by atoms with Crippen molar-refractivity contribution in [2.75, 3.05) is 13.1 Å². The van der Waals surface area contributed by atoms with Gasteiger partial charge in [-0.1, -0.05) is 60.7 Å². The Morgan fingerprint density at radius 1 is 1.00 bits per heavy atom. The highest BCUT2D eigenvalue weighted by molar-refractivity contribution is 6.08. The molecule has 1 heterocycles. The van der Waals surface area contributed by atoms with E-state index in [4.69, 9.17) is 0 Å². The molecule has 2 aromatic carbocycles. The second-order valence-corrected chi connectivity index (χ2v) is 7.46. The lowest BCUT2D eigenvalue weighted by molar-refractivity contribution is -0.134. The Bertz CT molecular complexity index is 810. The van der Waals surface area contributed by atoms with Gasteiger partial charge in [0, 0.05) is 12.5 Å². The van der Waals surface area contributed by atoms with Gasteiger partial charge in [0.15, 0.2) is 0 Å². The summed E-state index contributed by atoms with van der Waals surface area (Å²) in [6, 6.07) is 19.8. The Labute approximate surface area is 164 Å². The van der Waals surface area contributed by atoms with Crippen molar-refractivity contribution in [3.05, 3.63) is 71.8 Å². The maximum atomic E-state index is 12.3. The number of amides is 4. The van der Waals surface area contributed by atoms with Gasteiger partial charge in [-0.2, -0.15) is 0 Å². The number of carbonyl (C=O) groups is 3. The standard InChI is InChI=1S/C22H25N3O3/c1-22(2)20(27)25(21(28)24-22)15-19(26)23-14-13-18(16-9-5-3-6-10-16)17-11-7-4-8-12-17/h3-12,18H,13-15H2,1-2H3,(H,23,26)(H,24,28). The van der Waals surface area contributed by atoms with Crippen molar-refractivity contribution < 1.29 is 14.4 Å². The Morgan fingerprint density at radius 2 is 1.54 bits per heavy atom. The van der Waals surface area contributed by atoms with E-state index in [-0.39, 0.29) is 24.3 Å². The summed E-state index contributed by atoms with van der Waals surface area (Å²) in [5.41, 5.74) is 1.39. The van der Waals surface area contributed by atoms with E-state index in [9.17, 15) is 14.4 Å². The summed E-state index contributed by atoms with van der Waals surface area (Å²) in [6.07, 6.45) is 0.714. The molecule has 0 saturated carbocycles. The molecule has 0 atom stereocenters. The van der Waals surface area contributed by atoms with Crippen LogP contribution in [0, 0.1) is 0 Å². The van der Waals surface area contributed by atoms with Crippen molar-refractivity contribution in [1.29, 1.82) is 0 Å². The Hall–Kier alpha value is -3.15. The van der Waals surface area contributed by atoms with Crippen LogP contribution in [-0.2, 0) is 9.59 Å². The first-order valence-electron chi connectivity index (χ1n) is 9.39. The van der Waals surface area contributed by atoms with Crippen molar-refractivity contribution in [2.24, 2.45) is 0 Å². The fraction of sp³-hybridized carbons (Fsp3) is 0.318. The first-order chi connectivity index (χ1) is 13.4. The lowest BCUT2D eigenvalue weighted by Gasteiger charge is -2.19. The molecule has 2 N–H and O–H groups in total. The number of nitrogens with zero attached hydrogens (tertiary/aromatic N) is 1. The number of urea groups is 1. The minimum absolute atomic E-state index is 0.151. The molecule has 1 fully saturated rings. The molecule has 1 aliphatic rings. The van der Waals surface area contributed by atoms with Crippen molar-refractivity contribution in [1.82, 2.24) is 15.5 Å². The van der Waals surface area contributed by atoms with Crippen LogP contribution in [0.2, 0.25) is 0 Å². The van der Waals surface area contributed by atoms with Crippen molar-refractivity contribution in [3.63, 3.8) is 0 Å². The van der Waals surface area contributed by atoms with Crippen LogP contribution < -0.4 is 10.6 Å². The normalized spacial score (nSPS) is 15.6. The summed E-state index contributed by atoms with van der Waals surface area (Å²) < 4.78 is 0. The molecular weight excluding hydrogens is 354 g/mol. The second-order valence-electron chi connectivity index (χ2n) is 7.46. The van der Waals surface area contributed by atoms with Crippen LogP contribution in [0.25, 0.3) is 0 Å². The minimum Gasteiger partial charge on any atom is -0.355 e. The highest BCUT2D eigenvalue weighted by atomic mass is 16.2. The number of rotatable bonds is 7. The predicted molar refractivity (Wildman–Crippen MR) is 107 cm³/mol. The van der Waals surface area contributed by atoms with E-state index in [0.29, 0.717) is 13.0 Å². The summed E-state index contributed by atoms with van der Waals surface area (Å²) in [6.45, 7) is 3.42. The summed E-state index contributed by atoms with van der Waals surface area (Å²) in [5, 5.41) is 5.41. The quantitative estimate of drug-likeness (QED) is 0.726. The van der Waals surface area contributed by atoms with Crippen molar-refractivity contribution in [3.8, 4) is 0 Å². The zero-order valence-corrected chi connectivity index (χ0v) is 16.1. The zero-order chi connectivity index (χ0) is 20.1. The van der Waals surface area contributed by atoms with Gasteiger partial charge in [0.1, 0.15) is 12.1 Å². The van der Waals surface area contributed by atoms with Crippen LogP contribution in [-0.4, -0.2) is 41.4 Å². The molecule has 6 nitrogen and oxygen atoms in total. The fourth-order valence-corrected chi connectivity index (χ4v) is 3.41. The number of imide groups is 1. The molecule has 0 aromatic heterocycles. The topological polar surface area (TPSA) is 78.5 Å². The van der Waals surface area contributed by atoms with Gasteiger partial charge in [0.05, 0.1) is 0 Å². The third-order valence-electron chi connectivity index (χ3n) is 4.91. The summed E-state index contributed by atoms with van der Waals surface area (Å²) in [7, 11) is 0. The largest absolute Gasteiger partial charge is 0.355 e. The first-order valence-corrected chi connectivity index (χ1v) is 9.39. The van der Waals surface area contributed by atoms with E-state index < -0.39 is 11.6 Å². The van der Waals surface area contributed by atoms with Gasteiger partial charge in [-0.3, -0.25) is 14.5 Å². The molecule has 6 heteroatoms. The van der Waals surface area contributed by atoms with Crippen LogP contribution >= 0.6 is 0 Å². The number of benzene rings is 2. The molecule has 4 amide bonds. The van der Waals surface area contributed by atoms with Crippen LogP contribution in [0.15, 0.2) is 60.7 Å². The predicted octanol–water partition coefficient (Wildman–Crippen LogP) is 2.66. The van der Waals surface area contributed by atoms with E-state index in [1.165, 1.54) is 11.1 Å². The number of hydrogen-bond acceptors (Lipinski definition) is 3. The molecule has 2 aromatic rings. The van der Waals surface area contributed by atoms with E-state index in [1.54, 1.807) is 13.8 Å². The Morgan fingerprint density at radius 3 is 2.00 bits per heavy atom. The molecular formula is C22H25N3O3. The molecule has 28 heavy (non-hydrogen) atoms. The zero-order valence-electron chi connectivity index (χ0n) is 16.1. The molecule has 0 bridgehead atoms. The smallest absolute Gasteiger partial charge is 0.325 e. The number of nitrogens with one attached hydrogen (secondary N) is 2. The third kappa shape index (κ3) is 4.39. The fourth-order valence-electron chi connectivity index (χ4n) is 3.41. The third-order valence-corrected chi connectivity index (χ3v) is 4.91. The average Bonchev–Trinajstić information content (AvgIpc) is 2.88. The lowest BCUT2D eigenvalue weighted by Crippen LogP contribution is -2.43. The summed E-state index contributed by atoms with van der Waals surface area (Å²) >= 11 is 0. The highest BCUT2D eigenvalue weighted by Crippen LogP contribution is 2.27.